The van der Waals surface area contributed by atoms with Gasteiger partial charge in [-0.25, -0.2) is 9.97 Å². The Hall–Kier alpha value is -2.73. The van der Waals surface area contributed by atoms with Crippen LogP contribution in [0.15, 0.2) is 24.5 Å². The summed E-state index contributed by atoms with van der Waals surface area (Å²) in [4.78, 5) is 13.7. The number of aliphatic hydroxyl groups excluding tert-OH is 1. The van der Waals surface area contributed by atoms with Gasteiger partial charge in [-0.1, -0.05) is 31.4 Å². The minimum absolute atomic E-state index is 0.244. The Morgan fingerprint density at radius 3 is 2.73 bits per heavy atom. The molecule has 172 valence electrons. The molecule has 2 atom stereocenters. The van der Waals surface area contributed by atoms with Gasteiger partial charge in [0, 0.05) is 30.6 Å². The van der Waals surface area contributed by atoms with Gasteiger partial charge in [0.2, 0.25) is 5.95 Å². The molecule has 33 heavy (non-hydrogen) atoms. The van der Waals surface area contributed by atoms with Crippen molar-refractivity contribution in [1.29, 1.82) is 5.26 Å². The number of ether oxygens (including phenoxy) is 1. The lowest BCUT2D eigenvalue weighted by atomic mass is 9.83. The van der Waals surface area contributed by atoms with Crippen molar-refractivity contribution in [2.75, 3.05) is 18.5 Å². The van der Waals surface area contributed by atoms with Crippen molar-refractivity contribution in [3.63, 3.8) is 0 Å². The number of nitriles is 1. The molecule has 8 nitrogen and oxygen atoms in total. The number of nitrogens with one attached hydrogen (secondary N) is 1. The number of pyridine rings is 2. The molecule has 1 aliphatic carbocycles. The standard InChI is InChI=1S/C24H27ClN6O2/c1-14-2-4-15(5-3-14)11-31-23-19(29-24(31)30-20-12-33-13-21(20)32)7-18(8-26)28-22(23)16-6-17(25)10-27-9-16/h6-7,9-10,14-15,20-21,32H,2-5,11-13H2,1H3,(H,29,30)/t14?,15?,20-,21-/m0/s1. The summed E-state index contributed by atoms with van der Waals surface area (Å²) in [6.07, 6.45) is 7.44. The van der Waals surface area contributed by atoms with Gasteiger partial charge >= 0.3 is 0 Å². The van der Waals surface area contributed by atoms with E-state index in [9.17, 15) is 10.4 Å². The molecule has 9 heteroatoms. The summed E-state index contributed by atoms with van der Waals surface area (Å²) in [7, 11) is 0. The van der Waals surface area contributed by atoms with Crippen molar-refractivity contribution < 1.29 is 9.84 Å². The molecule has 0 aromatic carbocycles. The van der Waals surface area contributed by atoms with Crippen LogP contribution in [-0.2, 0) is 11.3 Å². The Morgan fingerprint density at radius 2 is 2.03 bits per heavy atom. The zero-order valence-corrected chi connectivity index (χ0v) is 19.3. The molecule has 0 amide bonds. The number of rotatable bonds is 5. The van der Waals surface area contributed by atoms with E-state index in [1.807, 2.05) is 0 Å². The molecule has 4 heterocycles. The second kappa shape index (κ2) is 9.26. The fourth-order valence-electron chi connectivity index (χ4n) is 4.86. The van der Waals surface area contributed by atoms with Gasteiger partial charge in [-0.05, 0) is 30.7 Å². The van der Waals surface area contributed by atoms with Gasteiger partial charge in [0.25, 0.3) is 0 Å². The molecule has 3 aromatic heterocycles. The monoisotopic (exact) mass is 466 g/mol. The highest BCUT2D eigenvalue weighted by atomic mass is 35.5. The predicted molar refractivity (Wildman–Crippen MR) is 126 cm³/mol. The predicted octanol–water partition coefficient (Wildman–Crippen LogP) is 4.02. The summed E-state index contributed by atoms with van der Waals surface area (Å²) in [5.74, 6) is 1.94. The topological polar surface area (TPSA) is 109 Å². The summed E-state index contributed by atoms with van der Waals surface area (Å²) in [6, 6.07) is 5.42. The fraction of sp³-hybridized carbons (Fsp3) is 0.500. The summed E-state index contributed by atoms with van der Waals surface area (Å²) < 4.78 is 7.59. The second-order valence-electron chi connectivity index (χ2n) is 9.26. The number of hydrogen-bond donors (Lipinski definition) is 2. The Kier molecular flexibility index (Phi) is 6.19. The van der Waals surface area contributed by atoms with E-state index in [2.05, 4.69) is 32.8 Å². The van der Waals surface area contributed by atoms with Crippen molar-refractivity contribution >= 4 is 28.6 Å². The molecule has 1 aliphatic heterocycles. The molecule has 1 saturated heterocycles. The first-order valence-electron chi connectivity index (χ1n) is 11.5. The van der Waals surface area contributed by atoms with Crippen LogP contribution in [0.5, 0.6) is 0 Å². The zero-order valence-electron chi connectivity index (χ0n) is 18.5. The van der Waals surface area contributed by atoms with Crippen LogP contribution in [0.2, 0.25) is 5.02 Å². The van der Waals surface area contributed by atoms with E-state index in [-0.39, 0.29) is 11.7 Å². The molecule has 0 radical (unpaired) electrons. The van der Waals surface area contributed by atoms with Crippen LogP contribution in [0, 0.1) is 23.2 Å². The van der Waals surface area contributed by atoms with E-state index in [1.165, 1.54) is 12.8 Å². The largest absolute Gasteiger partial charge is 0.388 e. The van der Waals surface area contributed by atoms with Crippen LogP contribution >= 0.6 is 11.6 Å². The molecular formula is C24H27ClN6O2. The maximum Gasteiger partial charge on any atom is 0.204 e. The van der Waals surface area contributed by atoms with Crippen LogP contribution in [0.25, 0.3) is 22.3 Å². The summed E-state index contributed by atoms with van der Waals surface area (Å²) in [5, 5.41) is 23.8. The number of hydrogen-bond acceptors (Lipinski definition) is 7. The Balaban J connectivity index is 1.65. The molecule has 0 spiro atoms. The van der Waals surface area contributed by atoms with Gasteiger partial charge in [0.15, 0.2) is 0 Å². The number of aliphatic hydroxyl groups is 1. The Bertz CT molecular complexity index is 1200. The average molecular weight is 467 g/mol. The first-order chi connectivity index (χ1) is 16.0. The quantitative estimate of drug-likeness (QED) is 0.584. The third kappa shape index (κ3) is 4.54. The van der Waals surface area contributed by atoms with E-state index in [4.69, 9.17) is 21.3 Å². The number of aromatic nitrogens is 4. The van der Waals surface area contributed by atoms with Crippen molar-refractivity contribution in [3.8, 4) is 17.3 Å². The minimum Gasteiger partial charge on any atom is -0.388 e. The lowest BCUT2D eigenvalue weighted by molar-refractivity contribution is 0.125. The number of anilines is 1. The first-order valence-corrected chi connectivity index (χ1v) is 11.8. The number of nitrogens with zero attached hydrogens (tertiary/aromatic N) is 5. The van der Waals surface area contributed by atoms with Crippen LogP contribution in [-0.4, -0.2) is 50.0 Å². The number of fused-ring (bicyclic) bond motifs is 1. The van der Waals surface area contributed by atoms with Crippen molar-refractivity contribution in [2.45, 2.75) is 51.3 Å². The Morgan fingerprint density at radius 1 is 1.21 bits per heavy atom. The summed E-state index contributed by atoms with van der Waals surface area (Å²) in [6.45, 7) is 3.81. The van der Waals surface area contributed by atoms with Crippen molar-refractivity contribution in [1.82, 2.24) is 19.5 Å². The van der Waals surface area contributed by atoms with Crippen molar-refractivity contribution in [2.24, 2.45) is 11.8 Å². The van der Waals surface area contributed by atoms with Gasteiger partial charge in [-0.2, -0.15) is 5.26 Å². The minimum atomic E-state index is -0.599. The summed E-state index contributed by atoms with van der Waals surface area (Å²) in [5.41, 5.74) is 3.17. The molecule has 0 bridgehead atoms. The van der Waals surface area contributed by atoms with Gasteiger partial charge in [0.1, 0.15) is 11.8 Å². The highest BCUT2D eigenvalue weighted by Crippen LogP contribution is 2.35. The molecular weight excluding hydrogens is 440 g/mol. The van der Waals surface area contributed by atoms with Gasteiger partial charge in [0.05, 0.1) is 47.1 Å². The van der Waals surface area contributed by atoms with E-state index in [0.29, 0.717) is 41.3 Å². The van der Waals surface area contributed by atoms with Crippen molar-refractivity contribution in [3.05, 3.63) is 35.2 Å². The highest BCUT2D eigenvalue weighted by Gasteiger charge is 2.29. The highest BCUT2D eigenvalue weighted by molar-refractivity contribution is 6.30. The van der Waals surface area contributed by atoms with E-state index >= 15 is 0 Å². The van der Waals surface area contributed by atoms with Crippen LogP contribution in [0.1, 0.15) is 38.3 Å². The third-order valence-corrected chi connectivity index (χ3v) is 6.97. The van der Waals surface area contributed by atoms with E-state index in [1.54, 1.807) is 24.5 Å². The molecule has 3 aromatic rings. The third-order valence-electron chi connectivity index (χ3n) is 6.76. The molecule has 2 fully saturated rings. The molecule has 2 N–H and O–H groups in total. The maximum atomic E-state index is 10.3. The second-order valence-corrected chi connectivity index (χ2v) is 9.69. The van der Waals surface area contributed by atoms with Gasteiger partial charge in [-0.3, -0.25) is 4.98 Å². The van der Waals surface area contributed by atoms with Gasteiger partial charge < -0.3 is 19.7 Å². The number of imidazole rings is 1. The zero-order chi connectivity index (χ0) is 22.9. The van der Waals surface area contributed by atoms with Gasteiger partial charge in [-0.15, -0.1) is 0 Å². The average Bonchev–Trinajstić information content (AvgIpc) is 3.37. The lowest BCUT2D eigenvalue weighted by Crippen LogP contribution is -2.33. The van der Waals surface area contributed by atoms with Crippen LogP contribution in [0.4, 0.5) is 5.95 Å². The maximum absolute atomic E-state index is 10.3. The molecule has 0 unspecified atom stereocenters. The van der Waals surface area contributed by atoms with E-state index in [0.717, 1.165) is 36.4 Å². The smallest absolute Gasteiger partial charge is 0.204 e. The molecule has 1 saturated carbocycles. The SMILES string of the molecule is CC1CCC(Cn2c(N[C@H]3COC[C@@H]3O)nc3cc(C#N)nc(-c4cncc(Cl)c4)c32)CC1. The summed E-state index contributed by atoms with van der Waals surface area (Å²) >= 11 is 6.23. The fourth-order valence-corrected chi connectivity index (χ4v) is 5.03. The molecule has 5 rings (SSSR count). The van der Waals surface area contributed by atoms with Crippen LogP contribution in [0.3, 0.4) is 0 Å². The Labute approximate surface area is 197 Å². The normalized spacial score (nSPS) is 25.3. The van der Waals surface area contributed by atoms with Crippen LogP contribution < -0.4 is 5.32 Å². The number of halogens is 1. The molecule has 2 aliphatic rings. The lowest BCUT2D eigenvalue weighted by Gasteiger charge is -2.27. The first kappa shape index (κ1) is 22.1. The van der Waals surface area contributed by atoms with E-state index < -0.39 is 6.10 Å².